The highest BCUT2D eigenvalue weighted by Gasteiger charge is 2.46. The van der Waals surface area contributed by atoms with Crippen molar-refractivity contribution >= 4 is 5.91 Å². The maximum absolute atomic E-state index is 13.6. The summed E-state index contributed by atoms with van der Waals surface area (Å²) >= 11 is 0. The van der Waals surface area contributed by atoms with Crippen LogP contribution in [0.4, 0.5) is 4.39 Å². The van der Waals surface area contributed by atoms with E-state index in [2.05, 4.69) is 17.1 Å². The molecule has 2 fully saturated rings. The van der Waals surface area contributed by atoms with Crippen LogP contribution in [-0.4, -0.2) is 47.7 Å². The molecule has 6 heteroatoms. The Morgan fingerprint density at radius 1 is 1.33 bits per heavy atom. The summed E-state index contributed by atoms with van der Waals surface area (Å²) in [5, 5.41) is 0. The molecule has 1 spiro atoms. The van der Waals surface area contributed by atoms with Gasteiger partial charge < -0.3 is 14.4 Å². The second kappa shape index (κ2) is 7.97. The molecule has 0 unspecified atom stereocenters. The summed E-state index contributed by atoms with van der Waals surface area (Å²) < 4.78 is 25.4. The topological polar surface area (TPSA) is 51.7 Å². The van der Waals surface area contributed by atoms with E-state index < -0.39 is 5.82 Å². The summed E-state index contributed by atoms with van der Waals surface area (Å²) in [6, 6.07) is 2.91. The number of carbonyl (C=O) groups is 1. The number of hydrogen-bond acceptors (Lipinski definition) is 4. The highest BCUT2D eigenvalue weighted by atomic mass is 19.1. The maximum atomic E-state index is 13.6. The van der Waals surface area contributed by atoms with Gasteiger partial charge in [-0.05, 0) is 56.6 Å². The predicted octanol–water partition coefficient (Wildman–Crippen LogP) is 3.35. The average Bonchev–Trinajstić information content (AvgIpc) is 3.35. The van der Waals surface area contributed by atoms with Gasteiger partial charge in [0.05, 0.1) is 12.2 Å². The number of hydrogen-bond donors (Lipinski definition) is 0. The van der Waals surface area contributed by atoms with Gasteiger partial charge >= 0.3 is 0 Å². The van der Waals surface area contributed by atoms with Crippen molar-refractivity contribution in [2.45, 2.75) is 44.1 Å². The van der Waals surface area contributed by atoms with E-state index in [1.807, 2.05) is 4.90 Å². The number of likely N-dealkylation sites (tertiary alicyclic amines) is 1. The van der Waals surface area contributed by atoms with Crippen molar-refractivity contribution in [2.24, 2.45) is 11.8 Å². The second-order valence-corrected chi connectivity index (χ2v) is 7.79. The normalized spacial score (nSPS) is 24.6. The Balaban J connectivity index is 1.29. The molecule has 3 heterocycles. The molecule has 1 aromatic heterocycles. The third kappa shape index (κ3) is 3.86. The lowest BCUT2D eigenvalue weighted by Gasteiger charge is -2.42. The summed E-state index contributed by atoms with van der Waals surface area (Å²) in [6.45, 7) is 2.71. The molecule has 2 saturated heterocycles. The van der Waals surface area contributed by atoms with Crippen molar-refractivity contribution in [1.82, 2.24) is 9.88 Å². The summed E-state index contributed by atoms with van der Waals surface area (Å²) in [5.41, 5.74) is -0.156. The quantitative estimate of drug-likeness (QED) is 0.742. The average molecular weight is 374 g/mol. The molecule has 1 aliphatic carbocycles. The number of halogens is 1. The van der Waals surface area contributed by atoms with Crippen LogP contribution < -0.4 is 4.74 Å². The van der Waals surface area contributed by atoms with Crippen molar-refractivity contribution in [1.29, 1.82) is 0 Å². The van der Waals surface area contributed by atoms with E-state index in [9.17, 15) is 9.18 Å². The molecule has 1 atom stereocenters. The first-order valence-electron chi connectivity index (χ1n) is 9.99. The Labute approximate surface area is 159 Å². The van der Waals surface area contributed by atoms with Gasteiger partial charge in [-0.25, -0.2) is 9.37 Å². The van der Waals surface area contributed by atoms with Gasteiger partial charge in [0.15, 0.2) is 5.82 Å². The SMILES string of the molecule is O=C(C1CC=CC1)N1CCC2(CC1)OCC[C@@H]2CCOc1ncccc1F. The Morgan fingerprint density at radius 2 is 2.11 bits per heavy atom. The molecule has 0 bridgehead atoms. The van der Waals surface area contributed by atoms with E-state index in [1.54, 1.807) is 6.07 Å². The standard InChI is InChI=1S/C21H27FN2O3/c22-18-6-3-11-23-19(18)26-14-7-17-8-15-27-21(17)9-12-24(13-10-21)20(25)16-4-1-2-5-16/h1-3,6,11,16-17H,4-5,7-10,12-15H2/t17-/m0/s1. The molecule has 4 rings (SSSR count). The number of rotatable bonds is 5. The third-order valence-electron chi connectivity index (χ3n) is 6.31. The first kappa shape index (κ1) is 18.4. The van der Waals surface area contributed by atoms with Crippen LogP contribution >= 0.6 is 0 Å². The molecule has 146 valence electrons. The number of nitrogens with zero attached hydrogens (tertiary/aromatic N) is 2. The van der Waals surface area contributed by atoms with Gasteiger partial charge in [-0.1, -0.05) is 12.2 Å². The van der Waals surface area contributed by atoms with Crippen LogP contribution in [0.15, 0.2) is 30.5 Å². The zero-order valence-electron chi connectivity index (χ0n) is 15.6. The lowest BCUT2D eigenvalue weighted by molar-refractivity contribution is -0.141. The van der Waals surface area contributed by atoms with Gasteiger partial charge in [0, 0.05) is 31.8 Å². The molecule has 5 nitrogen and oxygen atoms in total. The Bertz CT molecular complexity index is 692. The van der Waals surface area contributed by atoms with Crippen molar-refractivity contribution in [2.75, 3.05) is 26.3 Å². The summed E-state index contributed by atoms with van der Waals surface area (Å²) in [4.78, 5) is 18.6. The van der Waals surface area contributed by atoms with Crippen LogP contribution in [0.2, 0.25) is 0 Å². The van der Waals surface area contributed by atoms with E-state index in [-0.39, 0.29) is 17.4 Å². The highest BCUT2D eigenvalue weighted by molar-refractivity contribution is 5.79. The molecule has 3 aliphatic rings. The molecule has 1 aromatic rings. The number of ether oxygens (including phenoxy) is 2. The molecule has 0 saturated carbocycles. The minimum absolute atomic E-state index is 0.0658. The summed E-state index contributed by atoms with van der Waals surface area (Å²) in [6.07, 6.45) is 11.1. The van der Waals surface area contributed by atoms with Crippen LogP contribution in [0.3, 0.4) is 0 Å². The molecule has 0 N–H and O–H groups in total. The number of pyridine rings is 1. The van der Waals surface area contributed by atoms with Crippen LogP contribution in [-0.2, 0) is 9.53 Å². The zero-order chi connectivity index (χ0) is 18.7. The summed E-state index contributed by atoms with van der Waals surface area (Å²) in [5.74, 6) is 0.452. The van der Waals surface area contributed by atoms with Gasteiger partial charge in [-0.3, -0.25) is 4.79 Å². The molecule has 1 amide bonds. The van der Waals surface area contributed by atoms with Crippen molar-refractivity contribution in [3.63, 3.8) is 0 Å². The van der Waals surface area contributed by atoms with E-state index in [0.29, 0.717) is 18.4 Å². The molecular formula is C21H27FN2O3. The number of piperidine rings is 1. The monoisotopic (exact) mass is 374 g/mol. The molecule has 0 radical (unpaired) electrons. The fourth-order valence-corrected chi connectivity index (χ4v) is 4.70. The van der Waals surface area contributed by atoms with Gasteiger partial charge in [0.2, 0.25) is 11.8 Å². The lowest BCUT2D eigenvalue weighted by atomic mass is 9.78. The number of allylic oxidation sites excluding steroid dienone is 2. The number of aromatic nitrogens is 1. The van der Waals surface area contributed by atoms with E-state index >= 15 is 0 Å². The maximum Gasteiger partial charge on any atom is 0.250 e. The van der Waals surface area contributed by atoms with E-state index in [0.717, 1.165) is 58.2 Å². The van der Waals surface area contributed by atoms with Crippen molar-refractivity contribution in [3.8, 4) is 5.88 Å². The van der Waals surface area contributed by atoms with E-state index in [4.69, 9.17) is 9.47 Å². The molecule has 27 heavy (non-hydrogen) atoms. The number of amides is 1. The van der Waals surface area contributed by atoms with Gasteiger partial charge in [0.1, 0.15) is 0 Å². The number of carbonyl (C=O) groups excluding carboxylic acids is 1. The smallest absolute Gasteiger partial charge is 0.250 e. The Hall–Kier alpha value is -1.95. The highest BCUT2D eigenvalue weighted by Crippen LogP contribution is 2.42. The van der Waals surface area contributed by atoms with Crippen molar-refractivity contribution in [3.05, 3.63) is 36.3 Å². The Kier molecular flexibility index (Phi) is 5.43. The fraction of sp³-hybridized carbons (Fsp3) is 0.619. The van der Waals surface area contributed by atoms with Gasteiger partial charge in [0.25, 0.3) is 0 Å². The molecule has 0 aromatic carbocycles. The zero-order valence-corrected chi connectivity index (χ0v) is 15.6. The minimum Gasteiger partial charge on any atom is -0.476 e. The van der Waals surface area contributed by atoms with Crippen LogP contribution in [0.1, 0.15) is 38.5 Å². The van der Waals surface area contributed by atoms with Gasteiger partial charge in [-0.2, -0.15) is 0 Å². The molecule has 2 aliphatic heterocycles. The first-order valence-corrected chi connectivity index (χ1v) is 9.99. The third-order valence-corrected chi connectivity index (χ3v) is 6.31. The first-order chi connectivity index (χ1) is 13.2. The van der Waals surface area contributed by atoms with Crippen LogP contribution in [0, 0.1) is 17.7 Å². The second-order valence-electron chi connectivity index (χ2n) is 7.79. The van der Waals surface area contributed by atoms with Gasteiger partial charge in [-0.15, -0.1) is 0 Å². The lowest BCUT2D eigenvalue weighted by Crippen LogP contribution is -2.50. The predicted molar refractivity (Wildman–Crippen MR) is 98.8 cm³/mol. The van der Waals surface area contributed by atoms with E-state index in [1.165, 1.54) is 12.3 Å². The summed E-state index contributed by atoms with van der Waals surface area (Å²) in [7, 11) is 0. The van der Waals surface area contributed by atoms with Crippen LogP contribution in [0.25, 0.3) is 0 Å². The Morgan fingerprint density at radius 3 is 2.85 bits per heavy atom. The molecular weight excluding hydrogens is 347 g/mol. The van der Waals surface area contributed by atoms with Crippen molar-refractivity contribution < 1.29 is 18.7 Å². The largest absolute Gasteiger partial charge is 0.476 e. The minimum atomic E-state index is -0.428. The van der Waals surface area contributed by atoms with Crippen LogP contribution in [0.5, 0.6) is 5.88 Å². The fourth-order valence-electron chi connectivity index (χ4n) is 4.70.